The van der Waals surface area contributed by atoms with Gasteiger partial charge in [-0.15, -0.1) is 0 Å². The summed E-state index contributed by atoms with van der Waals surface area (Å²) in [5, 5.41) is 2.80. The first kappa shape index (κ1) is 21.5. The highest BCUT2D eigenvalue weighted by Gasteiger charge is 2.15. The molecule has 0 unspecified atom stereocenters. The summed E-state index contributed by atoms with van der Waals surface area (Å²) in [6, 6.07) is 19.3. The molecule has 156 valence electrons. The van der Waals surface area contributed by atoms with Crippen LogP contribution in [-0.2, 0) is 21.2 Å². The van der Waals surface area contributed by atoms with Crippen LogP contribution < -0.4 is 10.0 Å². The van der Waals surface area contributed by atoms with Crippen molar-refractivity contribution < 1.29 is 13.2 Å². The molecule has 1 aromatic heterocycles. The third kappa shape index (κ3) is 5.90. The van der Waals surface area contributed by atoms with Crippen LogP contribution in [-0.4, -0.2) is 19.3 Å². The Morgan fingerprint density at radius 3 is 2.27 bits per heavy atom. The zero-order valence-corrected chi connectivity index (χ0v) is 17.8. The average Bonchev–Trinajstić information content (AvgIpc) is 2.73. The molecule has 0 bridgehead atoms. The van der Waals surface area contributed by atoms with E-state index in [2.05, 4.69) is 53.1 Å². The van der Waals surface area contributed by atoms with E-state index in [4.69, 9.17) is 0 Å². The first-order chi connectivity index (χ1) is 14.3. The standard InChI is InChI=1S/C23H25N3O3S/c1-17(2)19-9-6-18(7-10-19)8-15-23(27)25-20-11-13-21(14-12-20)30(28,29)26-22-5-3-4-16-24-22/h3-7,9-14,16-17H,8,15H2,1-2H3,(H,24,26)(H,25,27). The summed E-state index contributed by atoms with van der Waals surface area (Å²) in [4.78, 5) is 16.3. The van der Waals surface area contributed by atoms with E-state index >= 15 is 0 Å². The maximum Gasteiger partial charge on any atom is 0.263 e. The van der Waals surface area contributed by atoms with Crippen LogP contribution in [0.5, 0.6) is 0 Å². The Bertz CT molecular complexity index is 1080. The van der Waals surface area contributed by atoms with E-state index in [0.29, 0.717) is 24.4 Å². The summed E-state index contributed by atoms with van der Waals surface area (Å²) in [7, 11) is -3.74. The number of anilines is 2. The molecule has 0 spiro atoms. The Balaban J connectivity index is 1.55. The Morgan fingerprint density at radius 1 is 0.967 bits per heavy atom. The second kappa shape index (κ2) is 9.54. The topological polar surface area (TPSA) is 88.2 Å². The minimum absolute atomic E-state index is 0.0939. The van der Waals surface area contributed by atoms with Crippen molar-refractivity contribution in [3.8, 4) is 0 Å². The molecule has 0 aliphatic heterocycles. The number of nitrogens with one attached hydrogen (secondary N) is 2. The first-order valence-electron chi connectivity index (χ1n) is 9.76. The number of aryl methyl sites for hydroxylation is 1. The van der Waals surface area contributed by atoms with Gasteiger partial charge in [0.2, 0.25) is 5.91 Å². The highest BCUT2D eigenvalue weighted by molar-refractivity contribution is 7.92. The lowest BCUT2D eigenvalue weighted by molar-refractivity contribution is -0.116. The summed E-state index contributed by atoms with van der Waals surface area (Å²) < 4.78 is 27.3. The van der Waals surface area contributed by atoms with E-state index < -0.39 is 10.0 Å². The minimum atomic E-state index is -3.74. The molecule has 0 radical (unpaired) electrons. The van der Waals surface area contributed by atoms with Gasteiger partial charge >= 0.3 is 0 Å². The monoisotopic (exact) mass is 423 g/mol. The molecule has 1 heterocycles. The van der Waals surface area contributed by atoms with Crippen molar-refractivity contribution >= 4 is 27.4 Å². The van der Waals surface area contributed by atoms with Gasteiger partial charge in [-0.1, -0.05) is 44.2 Å². The molecule has 0 saturated heterocycles. The molecule has 3 rings (SSSR count). The first-order valence-corrected chi connectivity index (χ1v) is 11.2. The number of carbonyl (C=O) groups is 1. The van der Waals surface area contributed by atoms with E-state index in [9.17, 15) is 13.2 Å². The van der Waals surface area contributed by atoms with Gasteiger partial charge in [0, 0.05) is 18.3 Å². The number of hydrogen-bond acceptors (Lipinski definition) is 4. The van der Waals surface area contributed by atoms with E-state index in [1.807, 2.05) is 0 Å². The normalized spacial score (nSPS) is 11.3. The molecule has 2 aromatic carbocycles. The van der Waals surface area contributed by atoms with Crippen molar-refractivity contribution in [1.82, 2.24) is 4.98 Å². The van der Waals surface area contributed by atoms with Gasteiger partial charge in [-0.3, -0.25) is 9.52 Å². The van der Waals surface area contributed by atoms with Crippen LogP contribution in [0, 0.1) is 0 Å². The summed E-state index contributed by atoms with van der Waals surface area (Å²) in [6.45, 7) is 4.29. The fourth-order valence-electron chi connectivity index (χ4n) is 2.89. The van der Waals surface area contributed by atoms with Crippen molar-refractivity contribution in [3.63, 3.8) is 0 Å². The zero-order valence-electron chi connectivity index (χ0n) is 17.0. The Kier molecular flexibility index (Phi) is 6.84. The predicted molar refractivity (Wildman–Crippen MR) is 119 cm³/mol. The Labute approximate surface area is 177 Å². The van der Waals surface area contributed by atoms with Crippen molar-refractivity contribution in [2.45, 2.75) is 37.5 Å². The maximum absolute atomic E-state index is 12.4. The summed E-state index contributed by atoms with van der Waals surface area (Å²) in [6.07, 6.45) is 2.50. The molecular formula is C23H25N3O3S. The van der Waals surface area contributed by atoms with Gasteiger partial charge < -0.3 is 5.32 Å². The number of hydrogen-bond donors (Lipinski definition) is 2. The molecular weight excluding hydrogens is 398 g/mol. The number of pyridine rings is 1. The van der Waals surface area contributed by atoms with Crippen LogP contribution in [0.3, 0.4) is 0 Å². The largest absolute Gasteiger partial charge is 0.326 e. The van der Waals surface area contributed by atoms with E-state index in [0.717, 1.165) is 5.56 Å². The van der Waals surface area contributed by atoms with Crippen LogP contribution in [0.4, 0.5) is 11.5 Å². The van der Waals surface area contributed by atoms with E-state index in [1.165, 1.54) is 23.9 Å². The highest BCUT2D eigenvalue weighted by Crippen LogP contribution is 2.18. The molecule has 0 fully saturated rings. The predicted octanol–water partition coefficient (Wildman–Crippen LogP) is 4.58. The number of amides is 1. The van der Waals surface area contributed by atoms with Gasteiger partial charge in [0.1, 0.15) is 5.82 Å². The SMILES string of the molecule is CC(C)c1ccc(CCC(=O)Nc2ccc(S(=O)(=O)Nc3ccccn3)cc2)cc1. The molecule has 2 N–H and O–H groups in total. The average molecular weight is 424 g/mol. The summed E-state index contributed by atoms with van der Waals surface area (Å²) in [5.41, 5.74) is 2.93. The van der Waals surface area contributed by atoms with Crippen LogP contribution in [0.15, 0.2) is 77.8 Å². The molecule has 0 atom stereocenters. The lowest BCUT2D eigenvalue weighted by atomic mass is 10.0. The number of carbonyl (C=O) groups excluding carboxylic acids is 1. The Morgan fingerprint density at radius 2 is 1.67 bits per heavy atom. The van der Waals surface area contributed by atoms with Gasteiger partial charge in [0.25, 0.3) is 10.0 Å². The fraction of sp³-hybridized carbons (Fsp3) is 0.217. The second-order valence-electron chi connectivity index (χ2n) is 7.29. The molecule has 0 saturated carbocycles. The Hall–Kier alpha value is -3.19. The zero-order chi connectivity index (χ0) is 21.6. The van der Waals surface area contributed by atoms with Crippen LogP contribution in [0.25, 0.3) is 0 Å². The number of rotatable bonds is 8. The van der Waals surface area contributed by atoms with Crippen LogP contribution in [0.1, 0.15) is 37.3 Å². The number of aromatic nitrogens is 1. The summed E-state index contributed by atoms with van der Waals surface area (Å²) in [5.74, 6) is 0.606. The summed E-state index contributed by atoms with van der Waals surface area (Å²) >= 11 is 0. The quantitative estimate of drug-likeness (QED) is 0.555. The van der Waals surface area contributed by atoms with Crippen molar-refractivity contribution in [1.29, 1.82) is 0 Å². The number of benzene rings is 2. The third-order valence-corrected chi connectivity index (χ3v) is 6.01. The van der Waals surface area contributed by atoms with Gasteiger partial charge in [0.15, 0.2) is 0 Å². The molecule has 0 aliphatic carbocycles. The van der Waals surface area contributed by atoms with Crippen LogP contribution in [0.2, 0.25) is 0 Å². The van der Waals surface area contributed by atoms with E-state index in [-0.39, 0.29) is 16.6 Å². The molecule has 30 heavy (non-hydrogen) atoms. The number of sulfonamides is 1. The minimum Gasteiger partial charge on any atom is -0.326 e. The second-order valence-corrected chi connectivity index (χ2v) is 8.97. The van der Waals surface area contributed by atoms with E-state index in [1.54, 1.807) is 30.3 Å². The maximum atomic E-state index is 12.4. The lowest BCUT2D eigenvalue weighted by Gasteiger charge is -2.09. The van der Waals surface area contributed by atoms with Crippen LogP contribution >= 0.6 is 0 Å². The highest BCUT2D eigenvalue weighted by atomic mass is 32.2. The molecule has 1 amide bonds. The van der Waals surface area contributed by atoms with Crippen molar-refractivity contribution in [3.05, 3.63) is 84.1 Å². The van der Waals surface area contributed by atoms with Gasteiger partial charge in [-0.25, -0.2) is 13.4 Å². The third-order valence-electron chi connectivity index (χ3n) is 4.64. The molecule has 3 aromatic rings. The van der Waals surface area contributed by atoms with Gasteiger partial charge in [-0.05, 0) is 59.9 Å². The van der Waals surface area contributed by atoms with Crippen molar-refractivity contribution in [2.24, 2.45) is 0 Å². The van der Waals surface area contributed by atoms with Gasteiger partial charge in [0.05, 0.1) is 4.90 Å². The molecule has 7 heteroatoms. The smallest absolute Gasteiger partial charge is 0.263 e. The van der Waals surface area contributed by atoms with Crippen molar-refractivity contribution in [2.75, 3.05) is 10.0 Å². The fourth-order valence-corrected chi connectivity index (χ4v) is 3.90. The molecule has 0 aliphatic rings. The lowest BCUT2D eigenvalue weighted by Crippen LogP contribution is -2.15. The van der Waals surface area contributed by atoms with Gasteiger partial charge in [-0.2, -0.15) is 0 Å². The molecule has 6 nitrogen and oxygen atoms in total. The number of nitrogens with zero attached hydrogens (tertiary/aromatic N) is 1.